The summed E-state index contributed by atoms with van der Waals surface area (Å²) in [7, 11) is 0. The monoisotopic (exact) mass is 203 g/mol. The highest BCUT2D eigenvalue weighted by atomic mass is 16.4. The van der Waals surface area contributed by atoms with Gasteiger partial charge in [-0.3, -0.25) is 4.79 Å². The van der Waals surface area contributed by atoms with Gasteiger partial charge in [-0.2, -0.15) is 0 Å². The molecule has 0 spiro atoms. The van der Waals surface area contributed by atoms with E-state index in [1.54, 1.807) is 0 Å². The summed E-state index contributed by atoms with van der Waals surface area (Å²) in [6, 6.07) is 5.19. The summed E-state index contributed by atoms with van der Waals surface area (Å²) in [6.07, 6.45) is 5.51. The number of benzene rings is 1. The van der Waals surface area contributed by atoms with Crippen molar-refractivity contribution in [2.24, 2.45) is 5.73 Å². The van der Waals surface area contributed by atoms with Gasteiger partial charge in [0.05, 0.1) is 0 Å². The maximum absolute atomic E-state index is 10.6. The van der Waals surface area contributed by atoms with E-state index in [0.29, 0.717) is 6.42 Å². The number of hydrogen-bond donors (Lipinski definition) is 2. The third kappa shape index (κ3) is 2.07. The molecule has 0 aliphatic heterocycles. The number of carboxylic acids is 1. The van der Waals surface area contributed by atoms with Gasteiger partial charge < -0.3 is 10.8 Å². The van der Waals surface area contributed by atoms with Gasteiger partial charge in [-0.15, -0.1) is 0 Å². The molecule has 1 unspecified atom stereocenters. The zero-order chi connectivity index (χ0) is 10.8. The molecule has 3 N–H and O–H groups in total. The van der Waals surface area contributed by atoms with Gasteiger partial charge in [-0.1, -0.05) is 30.4 Å². The van der Waals surface area contributed by atoms with Crippen LogP contribution in [0.15, 0.2) is 24.3 Å². The van der Waals surface area contributed by atoms with E-state index in [9.17, 15) is 4.79 Å². The van der Waals surface area contributed by atoms with E-state index in [1.807, 2.05) is 18.2 Å². The molecule has 1 aromatic carbocycles. The topological polar surface area (TPSA) is 63.3 Å². The maximum atomic E-state index is 10.6. The fourth-order valence-electron chi connectivity index (χ4n) is 1.78. The summed E-state index contributed by atoms with van der Waals surface area (Å²) in [5, 5.41) is 8.70. The minimum Gasteiger partial charge on any atom is -0.480 e. The molecular formula is C12H13NO2. The Kier molecular flexibility index (Phi) is 2.56. The molecule has 0 aromatic heterocycles. The summed E-state index contributed by atoms with van der Waals surface area (Å²) in [5.74, 6) is -0.950. The number of nitrogens with two attached hydrogens (primary N) is 1. The van der Waals surface area contributed by atoms with Crippen LogP contribution >= 0.6 is 0 Å². The Morgan fingerprint density at radius 2 is 2.33 bits per heavy atom. The van der Waals surface area contributed by atoms with Gasteiger partial charge >= 0.3 is 5.97 Å². The lowest BCUT2D eigenvalue weighted by Crippen LogP contribution is -2.32. The van der Waals surface area contributed by atoms with E-state index < -0.39 is 12.0 Å². The average molecular weight is 203 g/mol. The first-order valence-electron chi connectivity index (χ1n) is 4.93. The van der Waals surface area contributed by atoms with Crippen LogP contribution in [0.3, 0.4) is 0 Å². The van der Waals surface area contributed by atoms with Crippen molar-refractivity contribution in [2.45, 2.75) is 18.9 Å². The fourth-order valence-corrected chi connectivity index (χ4v) is 1.78. The standard InChI is InChI=1S/C12H13NO2/c13-11(12(14)15)7-8-4-5-9-2-1-3-10(9)6-8/h1-2,4-6,11H,3,7,13H2,(H,14,15). The Bertz CT molecular complexity index is 424. The summed E-state index contributed by atoms with van der Waals surface area (Å²) >= 11 is 0. The molecule has 0 amide bonds. The quantitative estimate of drug-likeness (QED) is 0.776. The first-order valence-corrected chi connectivity index (χ1v) is 4.93. The largest absolute Gasteiger partial charge is 0.480 e. The highest BCUT2D eigenvalue weighted by Gasteiger charge is 2.13. The van der Waals surface area contributed by atoms with E-state index in [4.69, 9.17) is 10.8 Å². The number of rotatable bonds is 3. The van der Waals surface area contributed by atoms with Crippen molar-refractivity contribution in [1.29, 1.82) is 0 Å². The van der Waals surface area contributed by atoms with Gasteiger partial charge in [-0.25, -0.2) is 0 Å². The Hall–Kier alpha value is -1.61. The van der Waals surface area contributed by atoms with Crippen molar-refractivity contribution in [3.05, 3.63) is 41.0 Å². The Labute approximate surface area is 88.2 Å². The Morgan fingerprint density at radius 3 is 3.07 bits per heavy atom. The number of carboxylic acid groups (broad SMARTS) is 1. The molecule has 1 aromatic rings. The maximum Gasteiger partial charge on any atom is 0.320 e. The molecule has 0 radical (unpaired) electrons. The SMILES string of the molecule is NC(Cc1ccc2c(c1)CC=C2)C(=O)O. The molecular weight excluding hydrogens is 190 g/mol. The van der Waals surface area contributed by atoms with Crippen LogP contribution < -0.4 is 5.73 Å². The normalized spacial score (nSPS) is 15.0. The van der Waals surface area contributed by atoms with Crippen LogP contribution in [-0.4, -0.2) is 17.1 Å². The zero-order valence-corrected chi connectivity index (χ0v) is 8.31. The molecule has 3 heteroatoms. The highest BCUT2D eigenvalue weighted by Crippen LogP contribution is 2.21. The molecule has 0 bridgehead atoms. The average Bonchev–Trinajstić information content (AvgIpc) is 2.64. The molecule has 1 aliphatic rings. The van der Waals surface area contributed by atoms with Gasteiger partial charge in [0.2, 0.25) is 0 Å². The van der Waals surface area contributed by atoms with Crippen LogP contribution in [0.1, 0.15) is 16.7 Å². The zero-order valence-electron chi connectivity index (χ0n) is 8.31. The van der Waals surface area contributed by atoms with E-state index in [0.717, 1.165) is 12.0 Å². The van der Waals surface area contributed by atoms with Crippen LogP contribution in [0, 0.1) is 0 Å². The first-order chi connectivity index (χ1) is 7.16. The predicted octanol–water partition coefficient (Wildman–Crippen LogP) is 1.21. The Balaban J connectivity index is 2.15. The lowest BCUT2D eigenvalue weighted by Gasteiger charge is -2.08. The smallest absolute Gasteiger partial charge is 0.320 e. The minimum atomic E-state index is -0.950. The second-order valence-corrected chi connectivity index (χ2v) is 3.79. The van der Waals surface area contributed by atoms with E-state index in [2.05, 4.69) is 12.2 Å². The Morgan fingerprint density at radius 1 is 1.53 bits per heavy atom. The van der Waals surface area contributed by atoms with Gasteiger partial charge in [0.25, 0.3) is 0 Å². The summed E-state index contributed by atoms with van der Waals surface area (Å²) in [5.41, 5.74) is 8.95. The fraction of sp³-hybridized carbons (Fsp3) is 0.250. The summed E-state index contributed by atoms with van der Waals surface area (Å²) < 4.78 is 0. The van der Waals surface area contributed by atoms with Crippen LogP contribution in [0.4, 0.5) is 0 Å². The van der Waals surface area contributed by atoms with Crippen LogP contribution in [-0.2, 0) is 17.6 Å². The second kappa shape index (κ2) is 3.87. The highest BCUT2D eigenvalue weighted by molar-refractivity contribution is 5.73. The van der Waals surface area contributed by atoms with E-state index in [-0.39, 0.29) is 0 Å². The molecule has 2 rings (SSSR count). The summed E-state index contributed by atoms with van der Waals surface area (Å²) in [6.45, 7) is 0. The second-order valence-electron chi connectivity index (χ2n) is 3.79. The molecule has 1 atom stereocenters. The predicted molar refractivity (Wildman–Crippen MR) is 58.5 cm³/mol. The molecule has 0 fully saturated rings. The van der Waals surface area contributed by atoms with Crippen LogP contribution in [0.25, 0.3) is 6.08 Å². The van der Waals surface area contributed by atoms with Crippen molar-refractivity contribution in [3.63, 3.8) is 0 Å². The van der Waals surface area contributed by atoms with Gasteiger partial charge in [0, 0.05) is 0 Å². The number of fused-ring (bicyclic) bond motifs is 1. The van der Waals surface area contributed by atoms with Crippen molar-refractivity contribution >= 4 is 12.0 Å². The molecule has 0 saturated heterocycles. The third-order valence-electron chi connectivity index (χ3n) is 2.62. The van der Waals surface area contributed by atoms with Crippen LogP contribution in [0.2, 0.25) is 0 Å². The van der Waals surface area contributed by atoms with Gasteiger partial charge in [0.15, 0.2) is 0 Å². The van der Waals surface area contributed by atoms with Crippen molar-refractivity contribution in [3.8, 4) is 0 Å². The van der Waals surface area contributed by atoms with Crippen molar-refractivity contribution < 1.29 is 9.90 Å². The number of allylic oxidation sites excluding steroid dienone is 1. The lowest BCUT2D eigenvalue weighted by molar-refractivity contribution is -0.138. The van der Waals surface area contributed by atoms with Crippen molar-refractivity contribution in [2.75, 3.05) is 0 Å². The first kappa shape index (κ1) is 9.93. The van der Waals surface area contributed by atoms with Crippen molar-refractivity contribution in [1.82, 2.24) is 0 Å². The van der Waals surface area contributed by atoms with E-state index in [1.165, 1.54) is 11.1 Å². The van der Waals surface area contributed by atoms with Crippen LogP contribution in [0.5, 0.6) is 0 Å². The molecule has 3 nitrogen and oxygen atoms in total. The molecule has 0 heterocycles. The molecule has 15 heavy (non-hydrogen) atoms. The number of carbonyl (C=O) groups is 1. The number of aliphatic carboxylic acids is 1. The van der Waals surface area contributed by atoms with E-state index >= 15 is 0 Å². The molecule has 78 valence electrons. The van der Waals surface area contributed by atoms with Gasteiger partial charge in [0.1, 0.15) is 6.04 Å². The summed E-state index contributed by atoms with van der Waals surface area (Å²) in [4.78, 5) is 10.6. The molecule has 0 saturated carbocycles. The number of hydrogen-bond acceptors (Lipinski definition) is 2. The molecule has 1 aliphatic carbocycles. The third-order valence-corrected chi connectivity index (χ3v) is 2.62. The minimum absolute atomic E-state index is 0.391. The lowest BCUT2D eigenvalue weighted by atomic mass is 10.0. The van der Waals surface area contributed by atoms with Gasteiger partial charge in [-0.05, 0) is 29.5 Å².